The van der Waals surface area contributed by atoms with Gasteiger partial charge in [-0.15, -0.1) is 0 Å². The van der Waals surface area contributed by atoms with Crippen molar-refractivity contribution < 1.29 is 9.90 Å². The summed E-state index contributed by atoms with van der Waals surface area (Å²) >= 11 is 1.93. The number of ketones is 1. The molecule has 4 heteroatoms. The van der Waals surface area contributed by atoms with Crippen LogP contribution in [0.25, 0.3) is 0 Å². The Labute approximate surface area is 89.1 Å². The first-order valence-corrected chi connectivity index (χ1v) is 4.57. The van der Waals surface area contributed by atoms with E-state index in [1.807, 2.05) is 28.7 Å². The van der Waals surface area contributed by atoms with E-state index < -0.39 is 0 Å². The van der Waals surface area contributed by atoms with E-state index in [9.17, 15) is 9.90 Å². The van der Waals surface area contributed by atoms with Gasteiger partial charge in [0.15, 0.2) is 5.78 Å². The van der Waals surface area contributed by atoms with Crippen molar-refractivity contribution >= 4 is 28.4 Å². The minimum Gasteiger partial charge on any atom is -0.507 e. The number of rotatable bonds is 1. The third-order valence-electron chi connectivity index (χ3n) is 1.59. The van der Waals surface area contributed by atoms with Crippen molar-refractivity contribution in [3.63, 3.8) is 0 Å². The molecule has 0 bridgehead atoms. The molecule has 66 valence electrons. The second kappa shape index (κ2) is 3.75. The van der Waals surface area contributed by atoms with Gasteiger partial charge in [0.2, 0.25) is 0 Å². The number of carbonyl (C=O) groups excluding carboxylic acids is 1. The van der Waals surface area contributed by atoms with Crippen molar-refractivity contribution in [3.05, 3.63) is 26.8 Å². The van der Waals surface area contributed by atoms with Crippen LogP contribution in [0.4, 0.5) is 0 Å². The van der Waals surface area contributed by atoms with Crippen LogP contribution in [0.1, 0.15) is 22.8 Å². The van der Waals surface area contributed by atoms with E-state index >= 15 is 0 Å². The average Bonchev–Trinajstić information content (AvgIpc) is 2.03. The monoisotopic (exact) mass is 287 g/mol. The molecule has 1 N–H and O–H groups in total. The molecule has 0 aromatic heterocycles. The molecule has 0 saturated heterocycles. The number of Topliss-reactive ketones (excluding diaryl/α,β-unsaturated/α-hetero) is 1. The number of aromatic hydroxyl groups is 1. The van der Waals surface area contributed by atoms with Crippen molar-refractivity contribution in [1.82, 2.24) is 0 Å². The summed E-state index contributed by atoms with van der Waals surface area (Å²) in [6.07, 6.45) is 0. The summed E-state index contributed by atoms with van der Waals surface area (Å²) in [4.78, 5) is 11.0. The zero-order valence-corrected chi connectivity index (χ0v) is 8.99. The molecule has 1 aromatic carbocycles. The highest BCUT2D eigenvalue weighted by molar-refractivity contribution is 14.1. The van der Waals surface area contributed by atoms with Crippen LogP contribution in [0.2, 0.25) is 0 Å². The van der Waals surface area contributed by atoms with Crippen molar-refractivity contribution in [2.45, 2.75) is 6.92 Å². The smallest absolute Gasteiger partial charge is 0.163 e. The summed E-state index contributed by atoms with van der Waals surface area (Å²) in [5.41, 5.74) is 0.598. The molecular formula is C9H6INO2. The van der Waals surface area contributed by atoms with E-state index in [-0.39, 0.29) is 17.1 Å². The SMILES string of the molecule is CC(=O)c1cc(C#N)c(I)cc1O. The number of nitrogens with zero attached hydrogens (tertiary/aromatic N) is 1. The fraction of sp³-hybridized carbons (Fsp3) is 0.111. The molecule has 0 aliphatic rings. The van der Waals surface area contributed by atoms with Crippen LogP contribution in [-0.4, -0.2) is 10.9 Å². The Kier molecular flexibility index (Phi) is 2.88. The van der Waals surface area contributed by atoms with Crippen molar-refractivity contribution in [1.29, 1.82) is 5.26 Å². The molecule has 1 rings (SSSR count). The predicted octanol–water partition coefficient (Wildman–Crippen LogP) is 2.07. The summed E-state index contributed by atoms with van der Waals surface area (Å²) in [5.74, 6) is -0.318. The van der Waals surface area contributed by atoms with Crippen LogP contribution in [0.3, 0.4) is 0 Å². The molecule has 0 saturated carbocycles. The molecule has 0 aliphatic heterocycles. The van der Waals surface area contributed by atoms with Gasteiger partial charge in [0.1, 0.15) is 11.8 Å². The molecular weight excluding hydrogens is 281 g/mol. The Balaban J connectivity index is 3.41. The van der Waals surface area contributed by atoms with E-state index in [1.165, 1.54) is 19.1 Å². The third-order valence-corrected chi connectivity index (χ3v) is 2.48. The number of carbonyl (C=O) groups is 1. The molecule has 13 heavy (non-hydrogen) atoms. The Morgan fingerprint density at radius 2 is 2.23 bits per heavy atom. The second-order valence-electron chi connectivity index (χ2n) is 2.52. The number of nitriles is 1. The van der Waals surface area contributed by atoms with Gasteiger partial charge in [-0.2, -0.15) is 5.26 Å². The molecule has 0 radical (unpaired) electrons. The summed E-state index contributed by atoms with van der Waals surface area (Å²) in [5, 5.41) is 18.0. The Hall–Kier alpha value is -1.09. The largest absolute Gasteiger partial charge is 0.507 e. The lowest BCUT2D eigenvalue weighted by Gasteiger charge is -2.02. The van der Waals surface area contributed by atoms with Crippen LogP contribution in [0.5, 0.6) is 5.75 Å². The minimum absolute atomic E-state index is 0.0732. The van der Waals surface area contributed by atoms with Gasteiger partial charge in [-0.3, -0.25) is 4.79 Å². The summed E-state index contributed by atoms with van der Waals surface area (Å²) in [7, 11) is 0. The lowest BCUT2D eigenvalue weighted by molar-refractivity contribution is 0.101. The molecule has 0 fully saturated rings. The predicted molar refractivity (Wildman–Crippen MR) is 55.5 cm³/mol. The van der Waals surface area contributed by atoms with E-state index in [1.54, 1.807) is 0 Å². The van der Waals surface area contributed by atoms with Gasteiger partial charge in [0.25, 0.3) is 0 Å². The number of phenols is 1. The van der Waals surface area contributed by atoms with Crippen molar-refractivity contribution in [2.24, 2.45) is 0 Å². The molecule has 0 heterocycles. The fourth-order valence-electron chi connectivity index (χ4n) is 0.930. The summed E-state index contributed by atoms with van der Waals surface area (Å²) in [6.45, 7) is 1.35. The molecule has 3 nitrogen and oxygen atoms in total. The highest BCUT2D eigenvalue weighted by atomic mass is 127. The standard InChI is InChI=1S/C9H6INO2/c1-5(12)7-2-6(4-11)8(10)3-9(7)13/h2-3,13H,1H3. The minimum atomic E-state index is -0.245. The zero-order valence-electron chi connectivity index (χ0n) is 6.84. The van der Waals surface area contributed by atoms with E-state index in [0.29, 0.717) is 9.13 Å². The lowest BCUT2D eigenvalue weighted by Crippen LogP contribution is -1.95. The first kappa shape index (κ1) is 9.99. The topological polar surface area (TPSA) is 61.1 Å². The molecule has 0 aliphatic carbocycles. The second-order valence-corrected chi connectivity index (χ2v) is 3.68. The fourth-order valence-corrected chi connectivity index (χ4v) is 1.50. The Bertz CT molecular complexity index is 407. The van der Waals surface area contributed by atoms with Gasteiger partial charge in [-0.25, -0.2) is 0 Å². The number of benzene rings is 1. The van der Waals surface area contributed by atoms with Crippen LogP contribution in [-0.2, 0) is 0 Å². The molecule has 1 aromatic rings. The normalized spacial score (nSPS) is 9.31. The van der Waals surface area contributed by atoms with Gasteiger partial charge in [0.05, 0.1) is 11.1 Å². The maximum atomic E-state index is 11.0. The first-order chi connectivity index (χ1) is 6.06. The molecule has 0 amide bonds. The van der Waals surface area contributed by atoms with Crippen molar-refractivity contribution in [2.75, 3.05) is 0 Å². The quantitative estimate of drug-likeness (QED) is 0.635. The van der Waals surface area contributed by atoms with Gasteiger partial charge in [0, 0.05) is 3.57 Å². The molecule has 0 spiro atoms. The number of hydrogen-bond donors (Lipinski definition) is 1. The van der Waals surface area contributed by atoms with Gasteiger partial charge >= 0.3 is 0 Å². The van der Waals surface area contributed by atoms with E-state index in [0.717, 1.165) is 0 Å². The van der Waals surface area contributed by atoms with Gasteiger partial charge < -0.3 is 5.11 Å². The highest BCUT2D eigenvalue weighted by Gasteiger charge is 2.10. The van der Waals surface area contributed by atoms with Gasteiger partial charge in [-0.1, -0.05) is 0 Å². The average molecular weight is 287 g/mol. The number of phenolic OH excluding ortho intramolecular Hbond substituents is 1. The van der Waals surface area contributed by atoms with E-state index in [4.69, 9.17) is 5.26 Å². The van der Waals surface area contributed by atoms with Crippen molar-refractivity contribution in [3.8, 4) is 11.8 Å². The third kappa shape index (κ3) is 1.98. The Morgan fingerprint density at radius 1 is 1.62 bits per heavy atom. The summed E-state index contributed by atoms with van der Waals surface area (Å²) < 4.78 is 0.641. The number of halogens is 1. The lowest BCUT2D eigenvalue weighted by atomic mass is 10.1. The maximum Gasteiger partial charge on any atom is 0.163 e. The highest BCUT2D eigenvalue weighted by Crippen LogP contribution is 2.23. The Morgan fingerprint density at radius 3 is 2.69 bits per heavy atom. The van der Waals surface area contributed by atoms with E-state index in [2.05, 4.69) is 0 Å². The van der Waals surface area contributed by atoms with Crippen LogP contribution < -0.4 is 0 Å². The number of hydrogen-bond acceptors (Lipinski definition) is 3. The summed E-state index contributed by atoms with van der Waals surface area (Å²) in [6, 6.07) is 4.76. The zero-order chi connectivity index (χ0) is 10.0. The van der Waals surface area contributed by atoms with Gasteiger partial charge in [-0.05, 0) is 41.6 Å². The maximum absolute atomic E-state index is 11.0. The van der Waals surface area contributed by atoms with Crippen LogP contribution in [0, 0.1) is 14.9 Å². The van der Waals surface area contributed by atoms with Crippen LogP contribution >= 0.6 is 22.6 Å². The first-order valence-electron chi connectivity index (χ1n) is 3.50. The molecule has 0 unspecified atom stereocenters. The molecule has 0 atom stereocenters. The van der Waals surface area contributed by atoms with Crippen LogP contribution in [0.15, 0.2) is 12.1 Å².